The Kier molecular flexibility index (Phi) is 1.72. The Bertz CT molecular complexity index is 407. The molecule has 0 aromatic heterocycles. The minimum atomic E-state index is -3.44. The molecule has 0 atom stereocenters. The summed E-state index contributed by atoms with van der Waals surface area (Å²) in [4.78, 5) is 0. The van der Waals surface area contributed by atoms with Gasteiger partial charge in [-0.15, -0.1) is 0 Å². The van der Waals surface area contributed by atoms with Gasteiger partial charge in [0.2, 0.25) is 10.0 Å². The lowest BCUT2D eigenvalue weighted by atomic mass is 10.1. The predicted octanol–water partition coefficient (Wildman–Crippen LogP) is 0.964. The number of hydrogen-bond acceptors (Lipinski definition) is 2. The third-order valence-corrected chi connectivity index (χ3v) is 4.28. The molecule has 0 amide bonds. The quantitative estimate of drug-likeness (QED) is 0.767. The molecule has 13 heavy (non-hydrogen) atoms. The summed E-state index contributed by atoms with van der Waals surface area (Å²) in [6.07, 6.45) is 1.30. The molecule has 2 rings (SSSR count). The van der Waals surface area contributed by atoms with Crippen LogP contribution in [0, 0.1) is 0 Å². The van der Waals surface area contributed by atoms with Crippen molar-refractivity contribution in [3.05, 3.63) is 35.9 Å². The summed E-state index contributed by atoms with van der Waals surface area (Å²) in [5.74, 6) is 0. The molecule has 0 radical (unpaired) electrons. The third-order valence-electron chi connectivity index (χ3n) is 2.55. The van der Waals surface area contributed by atoms with Crippen LogP contribution in [0.1, 0.15) is 18.4 Å². The molecule has 0 saturated heterocycles. The number of rotatable bonds is 2. The third kappa shape index (κ3) is 1.26. The normalized spacial score (nSPS) is 19.8. The standard InChI is InChI=1S/C9H11NO2S/c10-13(11,12)9(6-7-9)8-4-2-1-3-5-8/h1-5H,6-7H2,(H2,10,11,12). The van der Waals surface area contributed by atoms with Crippen molar-refractivity contribution >= 4 is 10.0 Å². The van der Waals surface area contributed by atoms with Gasteiger partial charge in [-0.05, 0) is 18.4 Å². The Labute approximate surface area is 77.6 Å². The summed E-state index contributed by atoms with van der Waals surface area (Å²) in [6, 6.07) is 9.17. The Balaban J connectivity index is 2.49. The van der Waals surface area contributed by atoms with Crippen LogP contribution >= 0.6 is 0 Å². The molecule has 1 fully saturated rings. The summed E-state index contributed by atoms with van der Waals surface area (Å²) >= 11 is 0. The van der Waals surface area contributed by atoms with Gasteiger partial charge >= 0.3 is 0 Å². The van der Waals surface area contributed by atoms with Crippen molar-refractivity contribution < 1.29 is 8.42 Å². The highest BCUT2D eigenvalue weighted by Gasteiger charge is 2.54. The van der Waals surface area contributed by atoms with E-state index in [1.54, 1.807) is 0 Å². The Hall–Kier alpha value is -0.870. The molecular formula is C9H11NO2S. The summed E-state index contributed by atoms with van der Waals surface area (Å²) in [5.41, 5.74) is 0.817. The van der Waals surface area contributed by atoms with Crippen molar-refractivity contribution in [2.24, 2.45) is 5.14 Å². The monoisotopic (exact) mass is 197 g/mol. The highest BCUT2D eigenvalue weighted by atomic mass is 32.2. The van der Waals surface area contributed by atoms with Gasteiger partial charge in [0.25, 0.3) is 0 Å². The van der Waals surface area contributed by atoms with Gasteiger partial charge < -0.3 is 0 Å². The Morgan fingerprint density at radius 3 is 2.08 bits per heavy atom. The lowest BCUT2D eigenvalue weighted by molar-refractivity contribution is 0.582. The van der Waals surface area contributed by atoms with E-state index in [1.807, 2.05) is 30.3 Å². The SMILES string of the molecule is NS(=O)(=O)C1(c2ccccc2)CC1. The van der Waals surface area contributed by atoms with Crippen molar-refractivity contribution in [2.75, 3.05) is 0 Å². The summed E-state index contributed by atoms with van der Waals surface area (Å²) in [7, 11) is -3.44. The van der Waals surface area contributed by atoms with Gasteiger partial charge in [-0.3, -0.25) is 0 Å². The van der Waals surface area contributed by atoms with Crippen LogP contribution < -0.4 is 5.14 Å². The van der Waals surface area contributed by atoms with E-state index in [1.165, 1.54) is 0 Å². The van der Waals surface area contributed by atoms with E-state index in [4.69, 9.17) is 5.14 Å². The lowest BCUT2D eigenvalue weighted by Gasteiger charge is -2.12. The minimum absolute atomic E-state index is 0.649. The maximum atomic E-state index is 11.3. The number of hydrogen-bond donors (Lipinski definition) is 1. The lowest BCUT2D eigenvalue weighted by Crippen LogP contribution is -2.28. The van der Waals surface area contributed by atoms with E-state index in [0.717, 1.165) is 5.56 Å². The largest absolute Gasteiger partial charge is 0.228 e. The van der Waals surface area contributed by atoms with E-state index < -0.39 is 14.8 Å². The number of primary sulfonamides is 1. The zero-order valence-electron chi connectivity index (χ0n) is 7.10. The molecule has 0 heterocycles. The molecule has 0 bridgehead atoms. The van der Waals surface area contributed by atoms with Crippen LogP contribution in [0.5, 0.6) is 0 Å². The van der Waals surface area contributed by atoms with Gasteiger partial charge in [-0.2, -0.15) is 0 Å². The maximum Gasteiger partial charge on any atom is 0.219 e. The maximum absolute atomic E-state index is 11.3. The summed E-state index contributed by atoms with van der Waals surface area (Å²) in [6.45, 7) is 0. The van der Waals surface area contributed by atoms with Crippen molar-refractivity contribution in [3.63, 3.8) is 0 Å². The molecule has 4 heteroatoms. The number of sulfonamides is 1. The number of benzene rings is 1. The van der Waals surface area contributed by atoms with Gasteiger partial charge in [0, 0.05) is 0 Å². The van der Waals surface area contributed by atoms with E-state index >= 15 is 0 Å². The van der Waals surface area contributed by atoms with Gasteiger partial charge in [-0.1, -0.05) is 30.3 Å². The van der Waals surface area contributed by atoms with Crippen molar-refractivity contribution in [1.82, 2.24) is 0 Å². The van der Waals surface area contributed by atoms with Crippen LogP contribution in [0.25, 0.3) is 0 Å². The second-order valence-corrected chi connectivity index (χ2v) is 5.28. The average molecular weight is 197 g/mol. The van der Waals surface area contributed by atoms with Gasteiger partial charge in [0.1, 0.15) is 4.75 Å². The highest BCUT2D eigenvalue weighted by Crippen LogP contribution is 2.51. The molecule has 1 saturated carbocycles. The molecule has 0 unspecified atom stereocenters. The van der Waals surface area contributed by atoms with E-state index in [0.29, 0.717) is 12.8 Å². The fourth-order valence-corrected chi connectivity index (χ4v) is 2.73. The smallest absolute Gasteiger partial charge is 0.219 e. The van der Waals surface area contributed by atoms with Gasteiger partial charge in [0.05, 0.1) is 0 Å². The average Bonchev–Trinajstić information content (AvgIpc) is 2.84. The second kappa shape index (κ2) is 2.56. The van der Waals surface area contributed by atoms with Gasteiger partial charge in [-0.25, -0.2) is 13.6 Å². The van der Waals surface area contributed by atoms with Crippen molar-refractivity contribution in [2.45, 2.75) is 17.6 Å². The molecule has 0 aliphatic heterocycles. The first-order valence-corrected chi connectivity index (χ1v) is 5.69. The first-order valence-electron chi connectivity index (χ1n) is 4.14. The number of nitrogens with two attached hydrogens (primary N) is 1. The zero-order chi connectivity index (χ0) is 9.53. The molecule has 0 spiro atoms. The van der Waals surface area contributed by atoms with Crippen molar-refractivity contribution in [3.8, 4) is 0 Å². The Morgan fingerprint density at radius 2 is 1.69 bits per heavy atom. The molecular weight excluding hydrogens is 186 g/mol. The molecule has 3 nitrogen and oxygen atoms in total. The van der Waals surface area contributed by atoms with Crippen LogP contribution in [0.4, 0.5) is 0 Å². The molecule has 1 aromatic carbocycles. The van der Waals surface area contributed by atoms with Crippen LogP contribution in [0.3, 0.4) is 0 Å². The first-order chi connectivity index (χ1) is 6.06. The summed E-state index contributed by atoms with van der Waals surface area (Å²) < 4.78 is 21.8. The fraction of sp³-hybridized carbons (Fsp3) is 0.333. The molecule has 1 aromatic rings. The molecule has 70 valence electrons. The van der Waals surface area contributed by atoms with Crippen LogP contribution in [-0.4, -0.2) is 8.42 Å². The predicted molar refractivity (Wildman–Crippen MR) is 50.5 cm³/mol. The second-order valence-electron chi connectivity index (χ2n) is 3.41. The minimum Gasteiger partial charge on any atom is -0.228 e. The van der Waals surface area contributed by atoms with Crippen molar-refractivity contribution in [1.29, 1.82) is 0 Å². The van der Waals surface area contributed by atoms with Crippen LogP contribution in [0.15, 0.2) is 30.3 Å². The Morgan fingerprint density at radius 1 is 1.15 bits per heavy atom. The molecule has 1 aliphatic carbocycles. The topological polar surface area (TPSA) is 60.2 Å². The molecule has 1 aliphatic rings. The van der Waals surface area contributed by atoms with Gasteiger partial charge in [0.15, 0.2) is 0 Å². The zero-order valence-corrected chi connectivity index (χ0v) is 7.92. The van der Waals surface area contributed by atoms with Crippen LogP contribution in [-0.2, 0) is 14.8 Å². The summed E-state index contributed by atoms with van der Waals surface area (Å²) in [5, 5.41) is 5.18. The van der Waals surface area contributed by atoms with Crippen LogP contribution in [0.2, 0.25) is 0 Å². The van der Waals surface area contributed by atoms with E-state index in [9.17, 15) is 8.42 Å². The van der Waals surface area contributed by atoms with E-state index in [-0.39, 0.29) is 0 Å². The highest BCUT2D eigenvalue weighted by molar-refractivity contribution is 7.90. The fourth-order valence-electron chi connectivity index (χ4n) is 1.59. The van der Waals surface area contributed by atoms with E-state index in [2.05, 4.69) is 0 Å². The molecule has 2 N–H and O–H groups in total. The first kappa shape index (κ1) is 8.72.